The molecule has 1 amide bonds. The van der Waals surface area contributed by atoms with Crippen molar-refractivity contribution in [1.82, 2.24) is 19.2 Å². The Hall–Kier alpha value is -2.98. The Bertz CT molecular complexity index is 990. The Morgan fingerprint density at radius 2 is 1.90 bits per heavy atom. The van der Waals surface area contributed by atoms with Crippen LogP contribution in [0.4, 0.5) is 13.2 Å². The van der Waals surface area contributed by atoms with Crippen LogP contribution in [-0.4, -0.2) is 45.0 Å². The van der Waals surface area contributed by atoms with E-state index in [2.05, 4.69) is 5.10 Å². The minimum Gasteiger partial charge on any atom is -0.454 e. The summed E-state index contributed by atoms with van der Waals surface area (Å²) in [5.74, 6) is -0.0690. The zero-order chi connectivity index (χ0) is 20.8. The average molecular weight is 412 g/mol. The normalized spacial score (nSPS) is 17.0. The smallest absolute Gasteiger partial charge is 0.451 e. The third kappa shape index (κ3) is 3.68. The zero-order valence-corrected chi connectivity index (χ0v) is 15.6. The minimum absolute atomic E-state index is 0.0911. The standard InChI is InChI=1S/C18H19F3N4O4/c1-23-16(18(19,20)21)22-25(17(23)27)12-4-6-24(7-5-12)15(26)9-11-2-3-13-14(8-11)29-10-28-13/h2-3,8,12H,4-7,9-10H2,1H3. The molecule has 0 unspecified atom stereocenters. The van der Waals surface area contributed by atoms with Gasteiger partial charge in [0.2, 0.25) is 18.5 Å². The molecule has 156 valence electrons. The topological polar surface area (TPSA) is 78.6 Å². The quantitative estimate of drug-likeness (QED) is 0.768. The number of alkyl halides is 3. The van der Waals surface area contributed by atoms with E-state index in [0.29, 0.717) is 42.0 Å². The predicted octanol–water partition coefficient (Wildman–Crippen LogP) is 1.74. The van der Waals surface area contributed by atoms with Crippen LogP contribution in [0, 0.1) is 0 Å². The van der Waals surface area contributed by atoms with Gasteiger partial charge in [-0.05, 0) is 30.5 Å². The Balaban J connectivity index is 1.39. The van der Waals surface area contributed by atoms with Gasteiger partial charge < -0.3 is 14.4 Å². The first kappa shape index (κ1) is 19.3. The van der Waals surface area contributed by atoms with Crippen LogP contribution in [0.1, 0.15) is 30.3 Å². The van der Waals surface area contributed by atoms with Gasteiger partial charge in [-0.2, -0.15) is 13.2 Å². The van der Waals surface area contributed by atoms with E-state index in [1.807, 2.05) is 0 Å². The van der Waals surface area contributed by atoms with Crippen LogP contribution in [0.15, 0.2) is 23.0 Å². The van der Waals surface area contributed by atoms with Crippen molar-refractivity contribution in [2.45, 2.75) is 31.5 Å². The maximum Gasteiger partial charge on any atom is 0.451 e. The summed E-state index contributed by atoms with van der Waals surface area (Å²) >= 11 is 0. The van der Waals surface area contributed by atoms with E-state index >= 15 is 0 Å². The number of fused-ring (bicyclic) bond motifs is 1. The highest BCUT2D eigenvalue weighted by atomic mass is 19.4. The van der Waals surface area contributed by atoms with E-state index in [0.717, 1.165) is 17.3 Å². The van der Waals surface area contributed by atoms with Gasteiger partial charge in [-0.3, -0.25) is 9.36 Å². The first-order chi connectivity index (χ1) is 13.7. The summed E-state index contributed by atoms with van der Waals surface area (Å²) in [4.78, 5) is 26.4. The summed E-state index contributed by atoms with van der Waals surface area (Å²) in [7, 11) is 1.05. The van der Waals surface area contributed by atoms with Crippen molar-refractivity contribution >= 4 is 5.91 Å². The number of nitrogens with zero attached hydrogens (tertiary/aromatic N) is 4. The first-order valence-corrected chi connectivity index (χ1v) is 9.13. The lowest BCUT2D eigenvalue weighted by Crippen LogP contribution is -2.41. The number of hydrogen-bond donors (Lipinski definition) is 0. The molecule has 0 bridgehead atoms. The van der Waals surface area contributed by atoms with E-state index < -0.39 is 23.7 Å². The van der Waals surface area contributed by atoms with E-state index in [4.69, 9.17) is 9.47 Å². The lowest BCUT2D eigenvalue weighted by atomic mass is 10.0. The zero-order valence-electron chi connectivity index (χ0n) is 15.6. The first-order valence-electron chi connectivity index (χ1n) is 9.13. The molecule has 0 spiro atoms. The molecule has 0 radical (unpaired) electrons. The van der Waals surface area contributed by atoms with Gasteiger partial charge in [0.25, 0.3) is 0 Å². The van der Waals surface area contributed by atoms with Crippen molar-refractivity contribution < 1.29 is 27.4 Å². The molecule has 8 nitrogen and oxygen atoms in total. The fourth-order valence-electron chi connectivity index (χ4n) is 3.64. The third-order valence-electron chi connectivity index (χ3n) is 5.21. The van der Waals surface area contributed by atoms with Crippen molar-refractivity contribution in [3.8, 4) is 11.5 Å². The van der Waals surface area contributed by atoms with E-state index in [1.165, 1.54) is 0 Å². The molecule has 0 saturated carbocycles. The second kappa shape index (κ2) is 7.12. The molecule has 1 fully saturated rings. The third-order valence-corrected chi connectivity index (χ3v) is 5.21. The summed E-state index contributed by atoms with van der Waals surface area (Å²) in [6.45, 7) is 0.847. The molecule has 0 N–H and O–H groups in total. The molecule has 11 heteroatoms. The lowest BCUT2D eigenvalue weighted by Gasteiger charge is -2.31. The van der Waals surface area contributed by atoms with Crippen LogP contribution >= 0.6 is 0 Å². The maximum atomic E-state index is 13.0. The number of piperidine rings is 1. The summed E-state index contributed by atoms with van der Waals surface area (Å²) in [6.07, 6.45) is -3.79. The summed E-state index contributed by atoms with van der Waals surface area (Å²) in [5.41, 5.74) is -0.0143. The molecule has 4 rings (SSSR count). The van der Waals surface area contributed by atoms with Crippen LogP contribution < -0.4 is 15.2 Å². The Morgan fingerprint density at radius 3 is 2.55 bits per heavy atom. The van der Waals surface area contributed by atoms with Gasteiger partial charge in [-0.15, -0.1) is 5.10 Å². The Morgan fingerprint density at radius 1 is 1.21 bits per heavy atom. The van der Waals surface area contributed by atoms with Crippen LogP contribution in [0.2, 0.25) is 0 Å². The molecule has 2 aromatic rings. The van der Waals surface area contributed by atoms with Crippen molar-refractivity contribution in [3.63, 3.8) is 0 Å². The maximum absolute atomic E-state index is 13.0. The fraction of sp³-hybridized carbons (Fsp3) is 0.500. The largest absolute Gasteiger partial charge is 0.454 e. The number of benzene rings is 1. The van der Waals surface area contributed by atoms with Crippen molar-refractivity contribution in [2.24, 2.45) is 7.05 Å². The van der Waals surface area contributed by atoms with Crippen LogP contribution in [-0.2, 0) is 24.4 Å². The summed E-state index contributed by atoms with van der Waals surface area (Å²) in [6, 6.07) is 4.84. The molecule has 1 aromatic heterocycles. The van der Waals surface area contributed by atoms with Crippen molar-refractivity contribution in [2.75, 3.05) is 19.9 Å². The molecular formula is C18H19F3N4O4. The SMILES string of the molecule is Cn1c(C(F)(F)F)nn(C2CCN(C(=O)Cc3ccc4c(c3)OCO4)CC2)c1=O. The number of amides is 1. The van der Waals surface area contributed by atoms with E-state index in [1.54, 1.807) is 23.1 Å². The molecule has 2 aliphatic rings. The van der Waals surface area contributed by atoms with E-state index in [9.17, 15) is 22.8 Å². The van der Waals surface area contributed by atoms with Gasteiger partial charge in [-0.25, -0.2) is 9.48 Å². The van der Waals surface area contributed by atoms with Gasteiger partial charge >= 0.3 is 11.9 Å². The number of aromatic nitrogens is 3. The number of carbonyl (C=O) groups excluding carboxylic acids is 1. The van der Waals surface area contributed by atoms with Crippen LogP contribution in [0.5, 0.6) is 11.5 Å². The predicted molar refractivity (Wildman–Crippen MR) is 93.6 cm³/mol. The lowest BCUT2D eigenvalue weighted by molar-refractivity contribution is -0.147. The molecule has 1 saturated heterocycles. The van der Waals surface area contributed by atoms with Crippen LogP contribution in [0.3, 0.4) is 0 Å². The molecular weight excluding hydrogens is 393 g/mol. The monoisotopic (exact) mass is 412 g/mol. The van der Waals surface area contributed by atoms with Gasteiger partial charge in [0, 0.05) is 20.1 Å². The van der Waals surface area contributed by atoms with Gasteiger partial charge in [0.15, 0.2) is 11.5 Å². The molecule has 0 aliphatic carbocycles. The van der Waals surface area contributed by atoms with Crippen LogP contribution in [0.25, 0.3) is 0 Å². The highest BCUT2D eigenvalue weighted by molar-refractivity contribution is 5.79. The van der Waals surface area contributed by atoms with E-state index in [-0.39, 0.29) is 19.1 Å². The minimum atomic E-state index is -4.69. The molecule has 29 heavy (non-hydrogen) atoms. The fourth-order valence-corrected chi connectivity index (χ4v) is 3.64. The average Bonchev–Trinajstić information content (AvgIpc) is 3.26. The summed E-state index contributed by atoms with van der Waals surface area (Å²) < 4.78 is 50.8. The number of hydrogen-bond acceptors (Lipinski definition) is 5. The highest BCUT2D eigenvalue weighted by Crippen LogP contribution is 2.33. The van der Waals surface area contributed by atoms with Gasteiger partial charge in [-0.1, -0.05) is 6.07 Å². The molecule has 2 aliphatic heterocycles. The number of likely N-dealkylation sites (tertiary alicyclic amines) is 1. The Kier molecular flexibility index (Phi) is 4.75. The molecule has 0 atom stereocenters. The highest BCUT2D eigenvalue weighted by Gasteiger charge is 2.39. The number of halogens is 3. The molecule has 1 aromatic carbocycles. The van der Waals surface area contributed by atoms with Crippen molar-refractivity contribution in [1.29, 1.82) is 0 Å². The Labute approximate surface area is 163 Å². The second-order valence-electron chi connectivity index (χ2n) is 7.08. The van der Waals surface area contributed by atoms with Gasteiger partial charge in [0.1, 0.15) is 0 Å². The second-order valence-corrected chi connectivity index (χ2v) is 7.08. The summed E-state index contributed by atoms with van der Waals surface area (Å²) in [5, 5.41) is 3.49. The van der Waals surface area contributed by atoms with Crippen molar-refractivity contribution in [3.05, 3.63) is 40.1 Å². The number of rotatable bonds is 3. The van der Waals surface area contributed by atoms with Gasteiger partial charge in [0.05, 0.1) is 12.5 Å². The number of carbonyl (C=O) groups is 1. The molecule has 3 heterocycles. The number of ether oxygens (including phenoxy) is 2.